The molecule has 0 N–H and O–H groups in total. The van der Waals surface area contributed by atoms with Gasteiger partial charge in [0.25, 0.3) is 0 Å². The molecule has 104 valence electrons. The molecule has 1 saturated carbocycles. The standard InChI is InChI=1S/C13H20N4O2/c1-15-9-14-12(17(18)19)13(15)16-8-4-7-11(16)10-5-2-3-6-10/h9-11H,2-8H2,1H3. The van der Waals surface area contributed by atoms with Gasteiger partial charge in [0.2, 0.25) is 12.1 Å². The zero-order chi connectivity index (χ0) is 13.4. The molecule has 1 saturated heterocycles. The van der Waals surface area contributed by atoms with Crippen molar-refractivity contribution in [2.24, 2.45) is 13.0 Å². The first kappa shape index (κ1) is 12.4. The zero-order valence-corrected chi connectivity index (χ0v) is 11.3. The molecule has 1 aliphatic heterocycles. The van der Waals surface area contributed by atoms with Crippen LogP contribution in [0.15, 0.2) is 6.33 Å². The van der Waals surface area contributed by atoms with E-state index in [9.17, 15) is 10.1 Å². The second kappa shape index (κ2) is 4.83. The molecule has 2 heterocycles. The minimum absolute atomic E-state index is 0.00685. The Labute approximate surface area is 112 Å². The van der Waals surface area contributed by atoms with Crippen molar-refractivity contribution in [3.05, 3.63) is 16.4 Å². The van der Waals surface area contributed by atoms with Gasteiger partial charge < -0.3 is 15.0 Å². The topological polar surface area (TPSA) is 64.2 Å². The summed E-state index contributed by atoms with van der Waals surface area (Å²) in [5.74, 6) is 1.41. The maximum atomic E-state index is 11.1. The van der Waals surface area contributed by atoms with Gasteiger partial charge in [0.05, 0.1) is 0 Å². The molecule has 6 nitrogen and oxygen atoms in total. The van der Waals surface area contributed by atoms with E-state index in [1.54, 1.807) is 10.9 Å². The van der Waals surface area contributed by atoms with E-state index in [0.717, 1.165) is 19.4 Å². The number of anilines is 1. The lowest BCUT2D eigenvalue weighted by molar-refractivity contribution is -0.388. The normalized spacial score (nSPS) is 24.3. The van der Waals surface area contributed by atoms with Gasteiger partial charge in [-0.2, -0.15) is 0 Å². The minimum Gasteiger partial charge on any atom is -0.358 e. The summed E-state index contributed by atoms with van der Waals surface area (Å²) >= 11 is 0. The van der Waals surface area contributed by atoms with Gasteiger partial charge >= 0.3 is 5.82 Å². The summed E-state index contributed by atoms with van der Waals surface area (Å²) in [6, 6.07) is 0.469. The lowest BCUT2D eigenvalue weighted by atomic mass is 9.96. The van der Waals surface area contributed by atoms with Gasteiger partial charge in [-0.25, -0.2) is 0 Å². The summed E-state index contributed by atoms with van der Waals surface area (Å²) in [4.78, 5) is 16.9. The molecule has 0 spiro atoms. The maximum absolute atomic E-state index is 11.1. The van der Waals surface area contributed by atoms with Gasteiger partial charge in [-0.1, -0.05) is 12.8 Å². The summed E-state index contributed by atoms with van der Waals surface area (Å²) in [6.07, 6.45) is 9.00. The Morgan fingerprint density at radius 3 is 2.74 bits per heavy atom. The van der Waals surface area contributed by atoms with Crippen molar-refractivity contribution in [1.82, 2.24) is 9.55 Å². The predicted octanol–water partition coefficient (Wildman–Crippen LogP) is 2.49. The molecular weight excluding hydrogens is 244 g/mol. The highest BCUT2D eigenvalue weighted by Gasteiger charge is 2.38. The Hall–Kier alpha value is -1.59. The number of nitrogens with zero attached hydrogens (tertiary/aromatic N) is 4. The SMILES string of the molecule is Cn1cnc([N+](=O)[O-])c1N1CCCC1C1CCCC1. The zero-order valence-electron chi connectivity index (χ0n) is 11.3. The van der Waals surface area contributed by atoms with Crippen LogP contribution >= 0.6 is 0 Å². The van der Waals surface area contributed by atoms with E-state index < -0.39 is 0 Å². The van der Waals surface area contributed by atoms with Crippen molar-refractivity contribution in [2.45, 2.75) is 44.6 Å². The smallest absolute Gasteiger partial charge is 0.358 e. The average molecular weight is 264 g/mol. The van der Waals surface area contributed by atoms with Crippen LogP contribution in [0.4, 0.5) is 11.6 Å². The van der Waals surface area contributed by atoms with E-state index in [1.165, 1.54) is 25.7 Å². The van der Waals surface area contributed by atoms with Crippen LogP contribution < -0.4 is 4.90 Å². The Balaban J connectivity index is 1.91. The van der Waals surface area contributed by atoms with Crippen LogP contribution in [0.1, 0.15) is 38.5 Å². The highest BCUT2D eigenvalue weighted by Crippen LogP contribution is 2.39. The van der Waals surface area contributed by atoms with E-state index >= 15 is 0 Å². The van der Waals surface area contributed by atoms with Gasteiger partial charge in [-0.15, -0.1) is 0 Å². The first-order chi connectivity index (χ1) is 9.18. The van der Waals surface area contributed by atoms with Crippen LogP contribution in [0.25, 0.3) is 0 Å². The fraction of sp³-hybridized carbons (Fsp3) is 0.769. The summed E-state index contributed by atoms with van der Waals surface area (Å²) in [5.41, 5.74) is 0. The van der Waals surface area contributed by atoms with Crippen LogP contribution in [-0.4, -0.2) is 27.1 Å². The van der Waals surface area contributed by atoms with Crippen LogP contribution in [0, 0.1) is 16.0 Å². The predicted molar refractivity (Wildman–Crippen MR) is 72.2 cm³/mol. The molecule has 2 fully saturated rings. The van der Waals surface area contributed by atoms with Crippen LogP contribution in [0.5, 0.6) is 0 Å². The summed E-state index contributed by atoms with van der Waals surface area (Å²) in [7, 11) is 1.85. The van der Waals surface area contributed by atoms with Gasteiger partial charge in [-0.05, 0) is 41.5 Å². The van der Waals surface area contributed by atoms with Crippen molar-refractivity contribution >= 4 is 11.6 Å². The molecule has 0 radical (unpaired) electrons. The molecule has 0 bridgehead atoms. The van der Waals surface area contributed by atoms with E-state index in [0.29, 0.717) is 17.8 Å². The quantitative estimate of drug-likeness (QED) is 0.621. The monoisotopic (exact) mass is 264 g/mol. The minimum atomic E-state index is -0.362. The second-order valence-corrected chi connectivity index (χ2v) is 5.71. The van der Waals surface area contributed by atoms with E-state index in [2.05, 4.69) is 9.88 Å². The molecule has 2 aliphatic rings. The van der Waals surface area contributed by atoms with Crippen molar-refractivity contribution in [2.75, 3.05) is 11.4 Å². The van der Waals surface area contributed by atoms with Gasteiger partial charge in [0, 0.05) is 19.6 Å². The van der Waals surface area contributed by atoms with E-state index in [1.807, 2.05) is 7.05 Å². The molecule has 1 aromatic rings. The molecule has 3 rings (SSSR count). The highest BCUT2D eigenvalue weighted by atomic mass is 16.6. The lowest BCUT2D eigenvalue weighted by Gasteiger charge is -2.30. The first-order valence-corrected chi connectivity index (χ1v) is 7.11. The molecule has 1 atom stereocenters. The fourth-order valence-electron chi connectivity index (χ4n) is 3.76. The van der Waals surface area contributed by atoms with Crippen molar-refractivity contribution in [3.63, 3.8) is 0 Å². The maximum Gasteiger partial charge on any atom is 0.406 e. The number of hydrogen-bond acceptors (Lipinski definition) is 4. The molecule has 0 aromatic carbocycles. The number of aromatic nitrogens is 2. The fourth-order valence-corrected chi connectivity index (χ4v) is 3.76. The number of aryl methyl sites for hydroxylation is 1. The summed E-state index contributed by atoms with van der Waals surface area (Å²) in [6.45, 7) is 0.918. The highest BCUT2D eigenvalue weighted by molar-refractivity contribution is 5.56. The average Bonchev–Trinajstić information content (AvgIpc) is 3.06. The third-order valence-electron chi connectivity index (χ3n) is 4.58. The molecule has 1 aliphatic carbocycles. The molecule has 0 amide bonds. The molecular formula is C13H20N4O2. The Bertz CT molecular complexity index is 479. The number of hydrogen-bond donors (Lipinski definition) is 0. The lowest BCUT2D eigenvalue weighted by Crippen LogP contribution is -2.36. The largest absolute Gasteiger partial charge is 0.406 e. The van der Waals surface area contributed by atoms with E-state index in [-0.39, 0.29) is 10.7 Å². The number of rotatable bonds is 3. The van der Waals surface area contributed by atoms with Crippen molar-refractivity contribution in [3.8, 4) is 0 Å². The molecule has 6 heteroatoms. The second-order valence-electron chi connectivity index (χ2n) is 5.71. The van der Waals surface area contributed by atoms with Crippen LogP contribution in [0.2, 0.25) is 0 Å². The van der Waals surface area contributed by atoms with Crippen molar-refractivity contribution < 1.29 is 4.92 Å². The third kappa shape index (κ3) is 2.09. The molecule has 1 aromatic heterocycles. The first-order valence-electron chi connectivity index (χ1n) is 7.11. The van der Waals surface area contributed by atoms with Crippen LogP contribution in [-0.2, 0) is 7.05 Å². The molecule has 19 heavy (non-hydrogen) atoms. The Kier molecular flexibility index (Phi) is 3.16. The van der Waals surface area contributed by atoms with Crippen LogP contribution in [0.3, 0.4) is 0 Å². The van der Waals surface area contributed by atoms with Gasteiger partial charge in [0.1, 0.15) is 0 Å². The van der Waals surface area contributed by atoms with Crippen molar-refractivity contribution in [1.29, 1.82) is 0 Å². The van der Waals surface area contributed by atoms with Gasteiger partial charge in [-0.3, -0.25) is 4.57 Å². The summed E-state index contributed by atoms with van der Waals surface area (Å²) < 4.78 is 1.80. The van der Waals surface area contributed by atoms with E-state index in [4.69, 9.17) is 0 Å². The van der Waals surface area contributed by atoms with Gasteiger partial charge in [0.15, 0.2) is 0 Å². The Morgan fingerprint density at radius 1 is 1.32 bits per heavy atom. The number of nitro groups is 1. The molecule has 1 unspecified atom stereocenters. The number of imidazole rings is 1. The third-order valence-corrected chi connectivity index (χ3v) is 4.58. The Morgan fingerprint density at radius 2 is 2.05 bits per heavy atom. The summed E-state index contributed by atoms with van der Waals surface area (Å²) in [5, 5.41) is 11.1.